The van der Waals surface area contributed by atoms with Gasteiger partial charge in [0.15, 0.2) is 23.2 Å². The Balaban J connectivity index is 1.73. The van der Waals surface area contributed by atoms with Gasteiger partial charge < -0.3 is 4.74 Å². The molecule has 168 valence electrons. The maximum atomic E-state index is 14.6. The zero-order valence-electron chi connectivity index (χ0n) is 17.2. The molecule has 0 radical (unpaired) electrons. The Labute approximate surface area is 182 Å². The van der Waals surface area contributed by atoms with Crippen molar-refractivity contribution in [3.8, 4) is 16.9 Å². The minimum atomic E-state index is -1.35. The summed E-state index contributed by atoms with van der Waals surface area (Å²) in [5.74, 6) is -5.10. The second-order valence-corrected chi connectivity index (χ2v) is 7.10. The number of ether oxygens (including phenoxy) is 1. The largest absolute Gasteiger partial charge is 0.457 e. The first-order valence-electron chi connectivity index (χ1n) is 9.94. The van der Waals surface area contributed by atoms with E-state index in [-0.39, 0.29) is 30.4 Å². The van der Waals surface area contributed by atoms with Gasteiger partial charge >= 0.3 is 0 Å². The second-order valence-electron chi connectivity index (χ2n) is 7.10. The van der Waals surface area contributed by atoms with Gasteiger partial charge in [-0.05, 0) is 59.7 Å². The van der Waals surface area contributed by atoms with E-state index in [0.717, 1.165) is 12.1 Å². The standard InChI is InChI=1S/C25H20F6O/c1-2-20(27)24(31)18-8-5-16(6-9-18)19-10-7-17(21(28)13-19)4-3-15-11-22(29)25(32-14-26)23(30)12-15/h5-13H,2-4,14H2,1H3/b24-20+. The average molecular weight is 450 g/mol. The lowest BCUT2D eigenvalue weighted by molar-refractivity contribution is 0.176. The average Bonchev–Trinajstić information content (AvgIpc) is 2.79. The molecule has 32 heavy (non-hydrogen) atoms. The fraction of sp³-hybridized carbons (Fsp3) is 0.200. The Morgan fingerprint density at radius 2 is 1.41 bits per heavy atom. The van der Waals surface area contributed by atoms with Crippen molar-refractivity contribution in [2.24, 2.45) is 0 Å². The van der Waals surface area contributed by atoms with Crippen LogP contribution in [-0.2, 0) is 12.8 Å². The van der Waals surface area contributed by atoms with Gasteiger partial charge in [0.2, 0.25) is 6.86 Å². The molecule has 0 saturated heterocycles. The molecule has 0 bridgehead atoms. The summed E-state index contributed by atoms with van der Waals surface area (Å²) in [6.45, 7) is 0.158. The highest BCUT2D eigenvalue weighted by Crippen LogP contribution is 2.28. The van der Waals surface area contributed by atoms with E-state index < -0.39 is 41.7 Å². The van der Waals surface area contributed by atoms with Crippen molar-refractivity contribution in [2.45, 2.75) is 26.2 Å². The quantitative estimate of drug-likeness (QED) is 0.317. The van der Waals surface area contributed by atoms with E-state index in [2.05, 4.69) is 4.74 Å². The highest BCUT2D eigenvalue weighted by Gasteiger charge is 2.14. The number of benzene rings is 3. The van der Waals surface area contributed by atoms with E-state index >= 15 is 0 Å². The smallest absolute Gasteiger partial charge is 0.228 e. The van der Waals surface area contributed by atoms with E-state index in [1.807, 2.05) is 0 Å². The molecule has 0 unspecified atom stereocenters. The summed E-state index contributed by atoms with van der Waals surface area (Å²) in [6, 6.07) is 12.6. The summed E-state index contributed by atoms with van der Waals surface area (Å²) in [5.41, 5.74) is 1.89. The fourth-order valence-electron chi connectivity index (χ4n) is 3.28. The van der Waals surface area contributed by atoms with E-state index in [9.17, 15) is 26.3 Å². The molecule has 7 heteroatoms. The fourth-order valence-corrected chi connectivity index (χ4v) is 3.28. The highest BCUT2D eigenvalue weighted by atomic mass is 19.2. The molecule has 0 amide bonds. The molecule has 0 aromatic heterocycles. The summed E-state index contributed by atoms with van der Waals surface area (Å²) in [4.78, 5) is 0. The Bertz CT molecular complexity index is 1100. The number of alkyl halides is 1. The van der Waals surface area contributed by atoms with Gasteiger partial charge in [-0.3, -0.25) is 0 Å². The van der Waals surface area contributed by atoms with Crippen molar-refractivity contribution in [3.05, 3.63) is 94.6 Å². The van der Waals surface area contributed by atoms with E-state index in [0.29, 0.717) is 16.7 Å². The molecular weight excluding hydrogens is 430 g/mol. The molecule has 3 rings (SSSR count). The predicted molar refractivity (Wildman–Crippen MR) is 112 cm³/mol. The molecule has 3 aromatic carbocycles. The summed E-state index contributed by atoms with van der Waals surface area (Å²) in [5, 5.41) is 0. The van der Waals surface area contributed by atoms with Gasteiger partial charge in [0.1, 0.15) is 11.6 Å². The molecule has 1 nitrogen and oxygen atoms in total. The van der Waals surface area contributed by atoms with Crippen LogP contribution >= 0.6 is 0 Å². The van der Waals surface area contributed by atoms with Gasteiger partial charge in [0.25, 0.3) is 0 Å². The van der Waals surface area contributed by atoms with Gasteiger partial charge in [-0.2, -0.15) is 0 Å². The van der Waals surface area contributed by atoms with Crippen LogP contribution in [0.5, 0.6) is 5.75 Å². The number of aryl methyl sites for hydroxylation is 2. The number of allylic oxidation sites excluding steroid dienone is 1. The lowest BCUT2D eigenvalue weighted by Gasteiger charge is -2.10. The number of rotatable bonds is 8. The minimum Gasteiger partial charge on any atom is -0.457 e. The number of halogens is 6. The Kier molecular flexibility index (Phi) is 7.62. The van der Waals surface area contributed by atoms with Crippen molar-refractivity contribution in [2.75, 3.05) is 6.86 Å². The maximum Gasteiger partial charge on any atom is 0.228 e. The van der Waals surface area contributed by atoms with Crippen LogP contribution in [0.2, 0.25) is 0 Å². The van der Waals surface area contributed by atoms with E-state index in [1.54, 1.807) is 24.3 Å². The number of hydrogen-bond donors (Lipinski definition) is 0. The van der Waals surface area contributed by atoms with Gasteiger partial charge in [-0.25, -0.2) is 26.3 Å². The molecular formula is C25H20F6O. The molecule has 0 N–H and O–H groups in total. The zero-order chi connectivity index (χ0) is 23.3. The molecule has 0 heterocycles. The van der Waals surface area contributed by atoms with Crippen molar-refractivity contribution >= 4 is 5.83 Å². The van der Waals surface area contributed by atoms with Gasteiger partial charge in [0, 0.05) is 5.56 Å². The zero-order valence-corrected chi connectivity index (χ0v) is 17.2. The molecule has 0 fully saturated rings. The lowest BCUT2D eigenvalue weighted by Crippen LogP contribution is -2.01. The Morgan fingerprint density at radius 3 is 1.97 bits per heavy atom. The molecule has 0 spiro atoms. The van der Waals surface area contributed by atoms with Gasteiger partial charge in [-0.1, -0.05) is 43.3 Å². The first-order valence-corrected chi connectivity index (χ1v) is 9.94. The van der Waals surface area contributed by atoms with Crippen LogP contribution in [0.3, 0.4) is 0 Å². The second kappa shape index (κ2) is 10.4. The predicted octanol–water partition coefficient (Wildman–Crippen LogP) is 7.88. The van der Waals surface area contributed by atoms with Crippen LogP contribution in [0.15, 0.2) is 60.4 Å². The topological polar surface area (TPSA) is 9.23 Å². The SMILES string of the molecule is CC/C(F)=C(\F)c1ccc(-c2ccc(CCc3cc(F)c(OCF)c(F)c3)c(F)c2)cc1. The molecule has 0 aliphatic rings. The van der Waals surface area contributed by atoms with Gasteiger partial charge in [0.05, 0.1) is 0 Å². The summed E-state index contributed by atoms with van der Waals surface area (Å²) in [7, 11) is 0. The van der Waals surface area contributed by atoms with Crippen LogP contribution in [-0.4, -0.2) is 6.86 Å². The third kappa shape index (κ3) is 5.33. The summed E-state index contributed by atoms with van der Waals surface area (Å²) < 4.78 is 86.0. The van der Waals surface area contributed by atoms with Crippen molar-refractivity contribution in [3.63, 3.8) is 0 Å². The Hall–Kier alpha value is -3.22. The van der Waals surface area contributed by atoms with Crippen LogP contribution in [0.4, 0.5) is 26.3 Å². The summed E-state index contributed by atoms with van der Waals surface area (Å²) >= 11 is 0. The van der Waals surface area contributed by atoms with Crippen LogP contribution in [0.25, 0.3) is 17.0 Å². The molecule has 0 saturated carbocycles. The van der Waals surface area contributed by atoms with Crippen LogP contribution in [0, 0.1) is 17.5 Å². The van der Waals surface area contributed by atoms with Crippen LogP contribution < -0.4 is 4.74 Å². The maximum absolute atomic E-state index is 14.6. The number of hydrogen-bond acceptors (Lipinski definition) is 1. The van der Waals surface area contributed by atoms with Crippen molar-refractivity contribution < 1.29 is 31.1 Å². The Morgan fingerprint density at radius 1 is 0.781 bits per heavy atom. The molecule has 0 atom stereocenters. The molecule has 0 aliphatic heterocycles. The van der Waals surface area contributed by atoms with E-state index in [4.69, 9.17) is 0 Å². The molecule has 0 aliphatic carbocycles. The first kappa shape index (κ1) is 23.4. The van der Waals surface area contributed by atoms with E-state index in [1.165, 1.54) is 25.1 Å². The van der Waals surface area contributed by atoms with Gasteiger partial charge in [-0.15, -0.1) is 0 Å². The van der Waals surface area contributed by atoms with Crippen LogP contribution in [0.1, 0.15) is 30.0 Å². The summed E-state index contributed by atoms with van der Waals surface area (Å²) in [6.07, 6.45) is 0.290. The van der Waals surface area contributed by atoms with Crippen molar-refractivity contribution in [1.29, 1.82) is 0 Å². The highest BCUT2D eigenvalue weighted by molar-refractivity contribution is 5.68. The normalized spacial score (nSPS) is 12.0. The monoisotopic (exact) mass is 450 g/mol. The first-order chi connectivity index (χ1) is 15.3. The molecule has 3 aromatic rings. The lowest BCUT2D eigenvalue weighted by atomic mass is 9.98. The minimum absolute atomic E-state index is 0.0465. The third-order valence-corrected chi connectivity index (χ3v) is 5.01. The third-order valence-electron chi connectivity index (χ3n) is 5.01. The van der Waals surface area contributed by atoms with Crippen molar-refractivity contribution in [1.82, 2.24) is 0 Å².